The Kier molecular flexibility index (Phi) is 9.10. The van der Waals surface area contributed by atoms with Crippen LogP contribution in [0.4, 0.5) is 4.79 Å². The first-order chi connectivity index (χ1) is 13.1. The van der Waals surface area contributed by atoms with E-state index in [-0.39, 0.29) is 30.0 Å². The van der Waals surface area contributed by atoms with Gasteiger partial charge in [0.25, 0.3) is 0 Å². The SMILES string of the molecule is CCCNC(=O)N[C@@H]1CC[C@H](C(=O)NCCc2ccn[nH]2)C[C@H]1OCCC. The van der Waals surface area contributed by atoms with E-state index in [0.29, 0.717) is 26.1 Å². The standard InChI is InChI=1S/C19H33N5O3/c1-3-9-21-19(26)23-16-6-5-14(13-17(16)27-12-4-2)18(25)20-10-7-15-8-11-22-24-15/h8,11,14,16-17H,3-7,9-10,12-13H2,1-2H3,(H,20,25)(H,22,24)(H2,21,23,26)/t14-,16+,17+/m0/s1. The number of nitrogens with one attached hydrogen (secondary N) is 4. The van der Waals surface area contributed by atoms with Crippen molar-refractivity contribution < 1.29 is 14.3 Å². The van der Waals surface area contributed by atoms with Gasteiger partial charge in [0.2, 0.25) is 5.91 Å². The van der Waals surface area contributed by atoms with Gasteiger partial charge in [-0.2, -0.15) is 5.10 Å². The maximum atomic E-state index is 12.5. The summed E-state index contributed by atoms with van der Waals surface area (Å²) in [5, 5.41) is 15.7. The molecule has 8 heteroatoms. The summed E-state index contributed by atoms with van der Waals surface area (Å²) in [5.41, 5.74) is 1.01. The number of hydrogen-bond acceptors (Lipinski definition) is 4. The minimum atomic E-state index is -0.158. The summed E-state index contributed by atoms with van der Waals surface area (Å²) < 4.78 is 5.96. The Bertz CT molecular complexity index is 564. The molecule has 3 amide bonds. The van der Waals surface area contributed by atoms with Crippen molar-refractivity contribution in [2.24, 2.45) is 5.92 Å². The van der Waals surface area contributed by atoms with E-state index >= 15 is 0 Å². The molecule has 1 aromatic rings. The van der Waals surface area contributed by atoms with E-state index in [9.17, 15) is 9.59 Å². The fraction of sp³-hybridized carbons (Fsp3) is 0.737. The molecule has 0 radical (unpaired) electrons. The maximum absolute atomic E-state index is 12.5. The molecule has 0 aliphatic heterocycles. The summed E-state index contributed by atoms with van der Waals surface area (Å²) in [5.74, 6) is -0.0149. The van der Waals surface area contributed by atoms with Crippen molar-refractivity contribution in [1.82, 2.24) is 26.1 Å². The van der Waals surface area contributed by atoms with Crippen LogP contribution in [-0.2, 0) is 16.0 Å². The number of urea groups is 1. The third-order valence-corrected chi connectivity index (χ3v) is 4.80. The molecular weight excluding hydrogens is 346 g/mol. The highest BCUT2D eigenvalue weighted by atomic mass is 16.5. The second kappa shape index (κ2) is 11.6. The van der Waals surface area contributed by atoms with Gasteiger partial charge in [-0.3, -0.25) is 9.89 Å². The monoisotopic (exact) mass is 379 g/mol. The Morgan fingerprint density at radius 3 is 2.78 bits per heavy atom. The normalized spacial score (nSPS) is 22.2. The van der Waals surface area contributed by atoms with Crippen LogP contribution in [0.15, 0.2) is 12.3 Å². The van der Waals surface area contributed by atoms with E-state index in [4.69, 9.17) is 4.74 Å². The van der Waals surface area contributed by atoms with Crippen LogP contribution >= 0.6 is 0 Å². The lowest BCUT2D eigenvalue weighted by Crippen LogP contribution is -2.52. The van der Waals surface area contributed by atoms with Crippen molar-refractivity contribution in [3.05, 3.63) is 18.0 Å². The van der Waals surface area contributed by atoms with Gasteiger partial charge < -0.3 is 20.7 Å². The molecule has 0 bridgehead atoms. The molecule has 4 N–H and O–H groups in total. The quantitative estimate of drug-likeness (QED) is 0.496. The van der Waals surface area contributed by atoms with E-state index in [0.717, 1.165) is 37.8 Å². The number of aromatic nitrogens is 2. The fourth-order valence-electron chi connectivity index (χ4n) is 3.33. The van der Waals surface area contributed by atoms with Gasteiger partial charge in [0.15, 0.2) is 0 Å². The molecule has 1 fully saturated rings. The number of aromatic amines is 1. The van der Waals surface area contributed by atoms with Gasteiger partial charge in [-0.25, -0.2) is 4.79 Å². The zero-order chi connectivity index (χ0) is 19.5. The molecule has 8 nitrogen and oxygen atoms in total. The van der Waals surface area contributed by atoms with E-state index in [1.165, 1.54) is 0 Å². The molecule has 2 rings (SSSR count). The summed E-state index contributed by atoms with van der Waals surface area (Å²) in [6.07, 6.45) is 6.24. The summed E-state index contributed by atoms with van der Waals surface area (Å²) >= 11 is 0. The molecular formula is C19H33N5O3. The average Bonchev–Trinajstić information content (AvgIpc) is 3.19. The molecule has 1 saturated carbocycles. The van der Waals surface area contributed by atoms with Crippen LogP contribution in [0.3, 0.4) is 0 Å². The Hall–Kier alpha value is -2.09. The highest BCUT2D eigenvalue weighted by molar-refractivity contribution is 5.79. The molecule has 1 heterocycles. The number of amides is 3. The van der Waals surface area contributed by atoms with Crippen LogP contribution in [0.25, 0.3) is 0 Å². The summed E-state index contributed by atoms with van der Waals surface area (Å²) in [6.45, 7) is 5.94. The highest BCUT2D eigenvalue weighted by Crippen LogP contribution is 2.27. The van der Waals surface area contributed by atoms with Gasteiger partial charge in [-0.1, -0.05) is 13.8 Å². The van der Waals surface area contributed by atoms with Crippen LogP contribution in [0, 0.1) is 5.92 Å². The fourth-order valence-corrected chi connectivity index (χ4v) is 3.33. The zero-order valence-electron chi connectivity index (χ0n) is 16.4. The number of hydrogen-bond donors (Lipinski definition) is 4. The van der Waals surface area contributed by atoms with Crippen LogP contribution in [0.1, 0.15) is 51.6 Å². The molecule has 0 aromatic carbocycles. The topological polar surface area (TPSA) is 108 Å². The van der Waals surface area contributed by atoms with Gasteiger partial charge in [-0.15, -0.1) is 0 Å². The lowest BCUT2D eigenvalue weighted by Gasteiger charge is -2.35. The number of carbonyl (C=O) groups excluding carboxylic acids is 2. The van der Waals surface area contributed by atoms with Gasteiger partial charge in [-0.05, 0) is 38.2 Å². The number of nitrogens with zero attached hydrogens (tertiary/aromatic N) is 1. The van der Waals surface area contributed by atoms with E-state index in [1.807, 2.05) is 13.0 Å². The van der Waals surface area contributed by atoms with Crippen LogP contribution in [0.2, 0.25) is 0 Å². The Labute approximate surface area is 161 Å². The summed E-state index contributed by atoms with van der Waals surface area (Å²) in [4.78, 5) is 24.5. The number of rotatable bonds is 10. The second-order valence-corrected chi connectivity index (χ2v) is 7.05. The molecule has 1 aliphatic rings. The van der Waals surface area contributed by atoms with E-state index < -0.39 is 0 Å². The van der Waals surface area contributed by atoms with Gasteiger partial charge in [0, 0.05) is 43.9 Å². The Balaban J connectivity index is 1.81. The predicted molar refractivity (Wildman–Crippen MR) is 103 cm³/mol. The molecule has 0 spiro atoms. The van der Waals surface area contributed by atoms with Crippen LogP contribution in [0.5, 0.6) is 0 Å². The molecule has 0 saturated heterocycles. The van der Waals surface area contributed by atoms with E-state index in [2.05, 4.69) is 33.1 Å². The minimum absolute atomic E-state index is 0.0533. The number of carbonyl (C=O) groups is 2. The zero-order valence-corrected chi connectivity index (χ0v) is 16.4. The van der Waals surface area contributed by atoms with E-state index in [1.54, 1.807) is 6.20 Å². The van der Waals surface area contributed by atoms with Crippen molar-refractivity contribution in [3.63, 3.8) is 0 Å². The predicted octanol–water partition coefficient (Wildman–Crippen LogP) is 1.74. The third kappa shape index (κ3) is 7.21. The number of ether oxygens (including phenoxy) is 1. The first kappa shape index (κ1) is 21.2. The van der Waals surface area contributed by atoms with Crippen molar-refractivity contribution in [1.29, 1.82) is 0 Å². The maximum Gasteiger partial charge on any atom is 0.315 e. The van der Waals surface area contributed by atoms with Crippen LogP contribution < -0.4 is 16.0 Å². The minimum Gasteiger partial charge on any atom is -0.376 e. The lowest BCUT2D eigenvalue weighted by molar-refractivity contribution is -0.128. The first-order valence-electron chi connectivity index (χ1n) is 10.1. The molecule has 0 unspecified atom stereocenters. The molecule has 27 heavy (non-hydrogen) atoms. The van der Waals surface area contributed by atoms with Crippen molar-refractivity contribution in [2.45, 2.75) is 64.5 Å². The van der Waals surface area contributed by atoms with Gasteiger partial charge in [0.05, 0.1) is 12.1 Å². The van der Waals surface area contributed by atoms with Crippen LogP contribution in [-0.4, -0.2) is 54.0 Å². The first-order valence-corrected chi connectivity index (χ1v) is 10.1. The smallest absolute Gasteiger partial charge is 0.315 e. The van der Waals surface area contributed by atoms with Crippen molar-refractivity contribution >= 4 is 11.9 Å². The Morgan fingerprint density at radius 1 is 1.22 bits per heavy atom. The molecule has 1 aromatic heterocycles. The summed E-state index contributed by atoms with van der Waals surface area (Å²) in [6, 6.07) is 1.69. The highest BCUT2D eigenvalue weighted by Gasteiger charge is 2.35. The Morgan fingerprint density at radius 2 is 2.07 bits per heavy atom. The third-order valence-electron chi connectivity index (χ3n) is 4.80. The van der Waals surface area contributed by atoms with Crippen molar-refractivity contribution in [3.8, 4) is 0 Å². The second-order valence-electron chi connectivity index (χ2n) is 7.05. The van der Waals surface area contributed by atoms with Gasteiger partial charge in [0.1, 0.15) is 0 Å². The average molecular weight is 380 g/mol. The van der Waals surface area contributed by atoms with Crippen molar-refractivity contribution in [2.75, 3.05) is 19.7 Å². The molecule has 1 aliphatic carbocycles. The lowest BCUT2D eigenvalue weighted by atomic mass is 9.83. The molecule has 3 atom stereocenters. The van der Waals surface area contributed by atoms with Gasteiger partial charge >= 0.3 is 6.03 Å². The molecule has 152 valence electrons. The number of H-pyrrole nitrogens is 1. The largest absolute Gasteiger partial charge is 0.376 e. The summed E-state index contributed by atoms with van der Waals surface area (Å²) in [7, 11) is 0.